The highest BCUT2D eigenvalue weighted by Crippen LogP contribution is 2.17. The number of aromatic nitrogens is 2. The Kier molecular flexibility index (Phi) is 4.83. The van der Waals surface area contributed by atoms with Crippen molar-refractivity contribution in [1.29, 1.82) is 0 Å². The Labute approximate surface area is 154 Å². The lowest BCUT2D eigenvalue weighted by atomic mass is 10.1. The van der Waals surface area contributed by atoms with Gasteiger partial charge in [-0.15, -0.1) is 0 Å². The largest absolute Gasteiger partial charge is 0.206 e. The van der Waals surface area contributed by atoms with Gasteiger partial charge in [-0.3, -0.25) is 0 Å². The van der Waals surface area contributed by atoms with Gasteiger partial charge in [0.05, 0.1) is 0 Å². The molecule has 126 valence electrons. The molecule has 4 rings (SSSR count). The van der Waals surface area contributed by atoms with Crippen molar-refractivity contribution in [3.8, 4) is 22.3 Å². The zero-order chi connectivity index (χ0) is 17.6. The first kappa shape index (κ1) is 16.2. The molecule has 0 fully saturated rings. The van der Waals surface area contributed by atoms with Gasteiger partial charge in [0.2, 0.25) is 13.1 Å². The summed E-state index contributed by atoms with van der Waals surface area (Å²) in [5.74, 6) is 0. The lowest BCUT2D eigenvalue weighted by molar-refractivity contribution is -0.778. The van der Waals surface area contributed by atoms with Gasteiger partial charge in [0.25, 0.3) is 0 Å². The van der Waals surface area contributed by atoms with Crippen LogP contribution in [0.15, 0.2) is 110 Å². The lowest BCUT2D eigenvalue weighted by Crippen LogP contribution is -2.43. The Morgan fingerprint density at radius 2 is 0.692 bits per heavy atom. The minimum atomic E-state index is 0.949. The average molecular weight is 338 g/mol. The third-order valence-corrected chi connectivity index (χ3v) is 4.61. The molecule has 0 spiro atoms. The van der Waals surface area contributed by atoms with E-state index < -0.39 is 0 Å². The third kappa shape index (κ3) is 3.86. The van der Waals surface area contributed by atoms with Crippen LogP contribution in [0.25, 0.3) is 22.3 Å². The zero-order valence-corrected chi connectivity index (χ0v) is 14.7. The van der Waals surface area contributed by atoms with Crippen molar-refractivity contribution in [2.24, 2.45) is 0 Å². The predicted octanol–water partition coefficient (Wildman–Crippen LogP) is 4.30. The molecule has 4 aromatic rings. The molecule has 26 heavy (non-hydrogen) atoms. The van der Waals surface area contributed by atoms with Crippen LogP contribution in [0, 0.1) is 0 Å². The van der Waals surface area contributed by atoms with Gasteiger partial charge in [-0.2, -0.15) is 9.13 Å². The van der Waals surface area contributed by atoms with Crippen molar-refractivity contribution in [1.82, 2.24) is 0 Å². The van der Waals surface area contributed by atoms with Gasteiger partial charge in [0.15, 0.2) is 24.8 Å². The summed E-state index contributed by atoms with van der Waals surface area (Å²) in [7, 11) is 0. The van der Waals surface area contributed by atoms with Crippen molar-refractivity contribution >= 4 is 0 Å². The number of pyridine rings is 2. The van der Waals surface area contributed by atoms with Gasteiger partial charge < -0.3 is 0 Å². The Morgan fingerprint density at radius 1 is 0.385 bits per heavy atom. The van der Waals surface area contributed by atoms with E-state index in [0.717, 1.165) is 13.1 Å². The summed E-state index contributed by atoms with van der Waals surface area (Å²) in [6, 6.07) is 29.7. The Balaban J connectivity index is 1.40. The predicted molar refractivity (Wildman–Crippen MR) is 104 cm³/mol. The number of benzene rings is 2. The maximum absolute atomic E-state index is 2.23. The number of hydrogen-bond acceptors (Lipinski definition) is 0. The standard InChI is InChI=1S/C24H22N2/c1-3-7-21(8-4-1)23-11-15-25(16-12-23)19-20-26-17-13-24(14-18-26)22-9-5-2-6-10-22/h1-18H,19-20H2/q+2. The lowest BCUT2D eigenvalue weighted by Gasteiger charge is -2.01. The first-order valence-electron chi connectivity index (χ1n) is 8.97. The highest BCUT2D eigenvalue weighted by Gasteiger charge is 2.07. The van der Waals surface area contributed by atoms with Gasteiger partial charge in [0, 0.05) is 24.3 Å². The number of nitrogens with zero attached hydrogens (tertiary/aromatic N) is 2. The monoisotopic (exact) mass is 338 g/mol. The van der Waals surface area contributed by atoms with Crippen LogP contribution in [0.5, 0.6) is 0 Å². The second-order valence-corrected chi connectivity index (χ2v) is 6.38. The fourth-order valence-electron chi connectivity index (χ4n) is 3.09. The topological polar surface area (TPSA) is 7.76 Å². The molecule has 0 aliphatic rings. The van der Waals surface area contributed by atoms with Crippen molar-refractivity contribution in [3.05, 3.63) is 110 Å². The molecule has 2 nitrogen and oxygen atoms in total. The second kappa shape index (κ2) is 7.75. The summed E-state index contributed by atoms with van der Waals surface area (Å²) < 4.78 is 4.45. The summed E-state index contributed by atoms with van der Waals surface area (Å²) >= 11 is 0. The maximum atomic E-state index is 2.23. The van der Waals surface area contributed by atoms with Crippen molar-refractivity contribution < 1.29 is 9.13 Å². The highest BCUT2D eigenvalue weighted by atomic mass is 15.0. The van der Waals surface area contributed by atoms with Crippen LogP contribution in [-0.4, -0.2) is 0 Å². The smallest absolute Gasteiger partial charge is 0.198 e. The highest BCUT2D eigenvalue weighted by molar-refractivity contribution is 5.62. The number of rotatable bonds is 5. The molecule has 0 saturated carbocycles. The second-order valence-electron chi connectivity index (χ2n) is 6.38. The molecule has 2 aromatic heterocycles. The minimum absolute atomic E-state index is 0.949. The summed E-state index contributed by atoms with van der Waals surface area (Å²) in [6.45, 7) is 1.90. The van der Waals surface area contributed by atoms with E-state index in [-0.39, 0.29) is 0 Å². The van der Waals surface area contributed by atoms with E-state index in [4.69, 9.17) is 0 Å². The molecule has 2 aromatic carbocycles. The van der Waals surface area contributed by atoms with Crippen LogP contribution >= 0.6 is 0 Å². The van der Waals surface area contributed by atoms with E-state index in [2.05, 4.69) is 107 Å². The Hall–Kier alpha value is -3.26. The summed E-state index contributed by atoms with van der Waals surface area (Å²) in [4.78, 5) is 0. The normalized spacial score (nSPS) is 10.6. The van der Waals surface area contributed by atoms with Gasteiger partial charge in [-0.05, 0) is 22.3 Å². The van der Waals surface area contributed by atoms with E-state index in [9.17, 15) is 0 Å². The Morgan fingerprint density at radius 3 is 1.04 bits per heavy atom. The van der Waals surface area contributed by atoms with Crippen LogP contribution in [0.4, 0.5) is 0 Å². The molecule has 2 heteroatoms. The molecular formula is C24H22N2+2. The van der Waals surface area contributed by atoms with E-state index in [0.29, 0.717) is 0 Å². The zero-order valence-electron chi connectivity index (χ0n) is 14.7. The molecule has 0 aliphatic heterocycles. The van der Waals surface area contributed by atoms with Crippen LogP contribution < -0.4 is 9.13 Å². The third-order valence-electron chi connectivity index (χ3n) is 4.61. The van der Waals surface area contributed by atoms with Gasteiger partial charge in [-0.25, -0.2) is 0 Å². The molecule has 0 N–H and O–H groups in total. The van der Waals surface area contributed by atoms with Gasteiger partial charge >= 0.3 is 0 Å². The van der Waals surface area contributed by atoms with Crippen LogP contribution in [-0.2, 0) is 13.1 Å². The van der Waals surface area contributed by atoms with Gasteiger partial charge in [0.1, 0.15) is 0 Å². The first-order chi connectivity index (χ1) is 12.9. The fraction of sp³-hybridized carbons (Fsp3) is 0.0833. The average Bonchev–Trinajstić information content (AvgIpc) is 2.74. The van der Waals surface area contributed by atoms with Gasteiger partial charge in [-0.1, -0.05) is 60.7 Å². The van der Waals surface area contributed by atoms with E-state index in [1.807, 2.05) is 12.1 Å². The number of hydrogen-bond donors (Lipinski definition) is 0. The SMILES string of the molecule is c1ccc(-c2cc[n+](CC[n+]3ccc(-c4ccccc4)cc3)cc2)cc1. The van der Waals surface area contributed by atoms with E-state index in [1.54, 1.807) is 0 Å². The van der Waals surface area contributed by atoms with E-state index in [1.165, 1.54) is 22.3 Å². The summed E-state index contributed by atoms with van der Waals surface area (Å²) in [6.07, 6.45) is 8.62. The minimum Gasteiger partial charge on any atom is -0.198 e. The van der Waals surface area contributed by atoms with Crippen molar-refractivity contribution in [2.45, 2.75) is 13.1 Å². The van der Waals surface area contributed by atoms with Crippen LogP contribution in [0.2, 0.25) is 0 Å². The molecule has 0 unspecified atom stereocenters. The maximum Gasteiger partial charge on any atom is 0.206 e. The molecule has 0 aliphatic carbocycles. The van der Waals surface area contributed by atoms with Crippen molar-refractivity contribution in [3.63, 3.8) is 0 Å². The molecule has 2 heterocycles. The molecule has 0 radical (unpaired) electrons. The van der Waals surface area contributed by atoms with Crippen LogP contribution in [0.3, 0.4) is 0 Å². The van der Waals surface area contributed by atoms with Crippen LogP contribution in [0.1, 0.15) is 0 Å². The molecule has 0 bridgehead atoms. The fourth-order valence-corrected chi connectivity index (χ4v) is 3.09. The Bertz CT molecular complexity index is 861. The quantitative estimate of drug-likeness (QED) is 0.480. The molecule has 0 amide bonds. The van der Waals surface area contributed by atoms with Crippen molar-refractivity contribution in [2.75, 3.05) is 0 Å². The number of aryl methyl sites for hydroxylation is 2. The molecular weight excluding hydrogens is 316 g/mol. The summed E-state index contributed by atoms with van der Waals surface area (Å²) in [5.41, 5.74) is 5.01. The summed E-state index contributed by atoms with van der Waals surface area (Å²) in [5, 5.41) is 0. The van der Waals surface area contributed by atoms with E-state index >= 15 is 0 Å². The first-order valence-corrected chi connectivity index (χ1v) is 8.97. The molecule has 0 saturated heterocycles. The molecule has 0 atom stereocenters.